The molecule has 0 saturated carbocycles. The Hall–Kier alpha value is 0.211. The van der Waals surface area contributed by atoms with E-state index in [9.17, 15) is 51.8 Å². The van der Waals surface area contributed by atoms with E-state index in [1.807, 2.05) is 6.07 Å². The van der Waals surface area contributed by atoms with Crippen LogP contribution in [0.4, 0.5) is 51.8 Å². The summed E-state index contributed by atoms with van der Waals surface area (Å²) in [5.74, 6) is 0. The summed E-state index contributed by atoms with van der Waals surface area (Å²) in [7, 11) is -18.0. The fourth-order valence-corrected chi connectivity index (χ4v) is 0.714. The molecule has 0 radical (unpaired) electrons. The summed E-state index contributed by atoms with van der Waals surface area (Å²) in [6.07, 6.45) is 1.14. The first-order valence-corrected chi connectivity index (χ1v) is 5.59. The van der Waals surface area contributed by atoms with Crippen LogP contribution in [0.25, 0.3) is 0 Å². The van der Waals surface area contributed by atoms with Gasteiger partial charge in [-0.1, -0.05) is 37.3 Å². The summed E-state index contributed by atoms with van der Waals surface area (Å²) >= 11 is 0. The fraction of sp³-hybridized carbons (Fsp3) is 0.250. The number of hydrogen-bond donors (Lipinski definition) is 0. The zero-order chi connectivity index (χ0) is 19.3. The first-order valence-electron chi connectivity index (χ1n) is 5.59. The topological polar surface area (TPSA) is 0 Å². The van der Waals surface area contributed by atoms with Crippen LogP contribution in [0.5, 0.6) is 0 Å². The average molecular weight is 407 g/mol. The summed E-state index contributed by atoms with van der Waals surface area (Å²) in [4.78, 5) is 0. The molecule has 16 heteroatoms. The van der Waals surface area contributed by atoms with E-state index in [-0.39, 0.29) is 51.4 Å². The molecule has 24 heavy (non-hydrogen) atoms. The quantitative estimate of drug-likeness (QED) is 0.427. The zero-order valence-corrected chi connectivity index (χ0v) is 11.4. The Morgan fingerprint density at radius 3 is 0.917 bits per heavy atom. The molecule has 0 heterocycles. The molecule has 0 spiro atoms. The minimum atomic E-state index is -6.00. The molecule has 1 rings (SSSR count). The summed E-state index contributed by atoms with van der Waals surface area (Å²) in [5.41, 5.74) is 1.41. The van der Waals surface area contributed by atoms with E-state index in [0.717, 1.165) is 6.42 Å². The van der Waals surface area contributed by atoms with Crippen molar-refractivity contribution in [1.82, 2.24) is 0 Å². The van der Waals surface area contributed by atoms with Crippen molar-refractivity contribution in [2.75, 3.05) is 0 Å². The summed E-state index contributed by atoms with van der Waals surface area (Å²) in [6, 6.07) is 10.5. The normalized spacial score (nSPS) is 10.5. The Morgan fingerprint density at radius 2 is 0.792 bits per heavy atom. The van der Waals surface area contributed by atoms with Crippen LogP contribution in [0.3, 0.4) is 0 Å². The van der Waals surface area contributed by atoms with Gasteiger partial charge in [0.05, 0.1) is 0 Å². The van der Waals surface area contributed by atoms with Gasteiger partial charge >= 0.3 is 73.1 Å². The predicted octanol–water partition coefficient (Wildman–Crippen LogP) is 5.50. The molecule has 1 aromatic carbocycles. The molecule has 0 nitrogen and oxygen atoms in total. The van der Waals surface area contributed by atoms with Gasteiger partial charge in [0.25, 0.3) is 0 Å². The van der Waals surface area contributed by atoms with Gasteiger partial charge in [-0.3, -0.25) is 0 Å². The predicted molar refractivity (Wildman–Crippen MR) is 73.5 cm³/mol. The molecule has 0 amide bonds. The molecule has 0 aromatic heterocycles. The van der Waals surface area contributed by atoms with Crippen molar-refractivity contribution in [2.24, 2.45) is 0 Å². The molecule has 0 aliphatic rings. The van der Waals surface area contributed by atoms with E-state index < -0.39 is 21.8 Å². The van der Waals surface area contributed by atoms with Crippen LogP contribution in [-0.4, -0.2) is 73.1 Å². The minimum absolute atomic E-state index is 0. The Bertz CT molecular complexity index is 330. The third-order valence-electron chi connectivity index (χ3n) is 1.25. The van der Waals surface area contributed by atoms with Crippen LogP contribution in [0, 0.1) is 0 Å². The molecule has 0 atom stereocenters. The second kappa shape index (κ2) is 15.5. The molecule has 0 bridgehead atoms. The number of hydrogen-bond acceptors (Lipinski definition) is 0. The summed E-state index contributed by atoms with van der Waals surface area (Å²) < 4.78 is 117. The second-order valence-electron chi connectivity index (χ2n) is 3.32. The summed E-state index contributed by atoms with van der Waals surface area (Å²) in [6.45, 7) is 2.16. The average Bonchev–Trinajstić information content (AvgIpc) is 2.23. The summed E-state index contributed by atoms with van der Waals surface area (Å²) in [5, 5.41) is 0. The van der Waals surface area contributed by atoms with Crippen LogP contribution in [-0.2, 0) is 6.42 Å². The van der Waals surface area contributed by atoms with Crippen molar-refractivity contribution < 1.29 is 51.8 Å². The van der Waals surface area contributed by atoms with E-state index >= 15 is 0 Å². The molecule has 0 aliphatic carbocycles. The van der Waals surface area contributed by atoms with Crippen molar-refractivity contribution in [1.29, 1.82) is 0 Å². The number of benzene rings is 1. The van der Waals surface area contributed by atoms with Gasteiger partial charge in [-0.15, -0.1) is 0 Å². The van der Waals surface area contributed by atoms with E-state index in [1.165, 1.54) is 5.56 Å². The van der Waals surface area contributed by atoms with E-state index in [1.54, 1.807) is 0 Å². The molecular formula is C8H11B3F12K-3. The molecule has 0 aliphatic heterocycles. The number of halogens is 12. The first kappa shape index (κ1) is 31.9. The fourth-order valence-electron chi connectivity index (χ4n) is 0.714. The standard InChI is InChI=1S/C8H10.3BF4.K.H/c1-2-8-6-4-3-5-7-8;3*2-1(3,4)5;;/h3-7H,2H2,1H3;;;;;/q;3*-1;;. The third-order valence-corrected chi connectivity index (χ3v) is 1.25. The van der Waals surface area contributed by atoms with Crippen LogP contribution in [0.1, 0.15) is 12.5 Å². The molecule has 1 aromatic rings. The number of rotatable bonds is 1. The molecule has 0 saturated heterocycles. The van der Waals surface area contributed by atoms with E-state index in [4.69, 9.17) is 0 Å². The maximum atomic E-state index is 9.75. The zero-order valence-electron chi connectivity index (χ0n) is 11.4. The molecule has 140 valence electrons. The Labute approximate surface area is 173 Å². The first-order chi connectivity index (χ1) is 9.93. The van der Waals surface area contributed by atoms with Crippen LogP contribution in [0.15, 0.2) is 30.3 Å². The Kier molecular flexibility index (Phi) is 20.6. The van der Waals surface area contributed by atoms with Crippen molar-refractivity contribution in [3.05, 3.63) is 35.9 Å². The van der Waals surface area contributed by atoms with Gasteiger partial charge in [-0.2, -0.15) is 0 Å². The van der Waals surface area contributed by atoms with Gasteiger partial charge in [-0.25, -0.2) is 0 Å². The molecule has 0 fully saturated rings. The van der Waals surface area contributed by atoms with E-state index in [0.29, 0.717) is 0 Å². The van der Waals surface area contributed by atoms with Gasteiger partial charge < -0.3 is 51.8 Å². The SMILES string of the molecule is CCc1ccccc1.F[B-](F)(F)F.F[B-](F)(F)F.F[B-](F)(F)F.[KH]. The number of aryl methyl sites for hydroxylation is 1. The van der Waals surface area contributed by atoms with E-state index in [2.05, 4.69) is 31.2 Å². The van der Waals surface area contributed by atoms with Crippen molar-refractivity contribution in [3.63, 3.8) is 0 Å². The van der Waals surface area contributed by atoms with Crippen molar-refractivity contribution in [3.8, 4) is 0 Å². The van der Waals surface area contributed by atoms with Gasteiger partial charge in [0.15, 0.2) is 0 Å². The van der Waals surface area contributed by atoms with Crippen LogP contribution >= 0.6 is 0 Å². The Morgan fingerprint density at radius 1 is 0.583 bits per heavy atom. The maximum absolute atomic E-state index is 9.75. The van der Waals surface area contributed by atoms with Gasteiger partial charge in [0.1, 0.15) is 0 Å². The molecule has 0 unspecified atom stereocenters. The van der Waals surface area contributed by atoms with Gasteiger partial charge in [0.2, 0.25) is 0 Å². The third kappa shape index (κ3) is 95.8. The van der Waals surface area contributed by atoms with Crippen molar-refractivity contribution in [2.45, 2.75) is 13.3 Å². The van der Waals surface area contributed by atoms with Crippen LogP contribution < -0.4 is 0 Å². The second-order valence-corrected chi connectivity index (χ2v) is 3.32. The van der Waals surface area contributed by atoms with Crippen molar-refractivity contribution >= 4 is 73.1 Å². The Balaban J connectivity index is -0.000000113. The monoisotopic (exact) mass is 407 g/mol. The molecule has 0 N–H and O–H groups in total. The molecular weight excluding hydrogens is 396 g/mol. The van der Waals surface area contributed by atoms with Gasteiger partial charge in [-0.05, 0) is 12.0 Å². The van der Waals surface area contributed by atoms with Gasteiger partial charge in [0, 0.05) is 0 Å². The van der Waals surface area contributed by atoms with Crippen LogP contribution in [0.2, 0.25) is 0 Å².